The summed E-state index contributed by atoms with van der Waals surface area (Å²) in [6.07, 6.45) is 6.64. The lowest BCUT2D eigenvalue weighted by atomic mass is 9.96. The minimum Gasteiger partial charge on any atom is -0.377 e. The third kappa shape index (κ3) is 3.57. The summed E-state index contributed by atoms with van der Waals surface area (Å²) < 4.78 is 7.68. The molecule has 1 aliphatic carbocycles. The minimum absolute atomic E-state index is 0.363. The van der Waals surface area contributed by atoms with Crippen LogP contribution in [-0.2, 0) is 11.3 Å². The smallest absolute Gasteiger partial charge is 0.158 e. The number of benzene rings is 1. The molecule has 2 fully saturated rings. The Labute approximate surface area is 191 Å². The maximum absolute atomic E-state index is 5.38. The summed E-state index contributed by atoms with van der Waals surface area (Å²) in [4.78, 5) is 13.3. The number of methoxy groups -OCH3 is 1. The molecule has 32 heavy (non-hydrogen) atoms. The number of hydrogen-bond donors (Lipinski definition) is 0. The van der Waals surface area contributed by atoms with Gasteiger partial charge in [0.1, 0.15) is 29.4 Å². The van der Waals surface area contributed by atoms with E-state index in [4.69, 9.17) is 14.7 Å². The largest absolute Gasteiger partial charge is 0.377 e. The van der Waals surface area contributed by atoms with Gasteiger partial charge in [-0.2, -0.15) is 0 Å². The Morgan fingerprint density at radius 2 is 2.00 bits per heavy atom. The van der Waals surface area contributed by atoms with Gasteiger partial charge in [0.05, 0.1) is 5.39 Å². The summed E-state index contributed by atoms with van der Waals surface area (Å²) >= 11 is 1.68. The zero-order valence-corrected chi connectivity index (χ0v) is 19.0. The highest BCUT2D eigenvalue weighted by Gasteiger charge is 2.32. The summed E-state index contributed by atoms with van der Waals surface area (Å²) in [7, 11) is 1.69. The van der Waals surface area contributed by atoms with Gasteiger partial charge < -0.3 is 14.2 Å². The highest BCUT2D eigenvalue weighted by atomic mass is 32.1. The number of ether oxygens (including phenoxy) is 1. The van der Waals surface area contributed by atoms with Gasteiger partial charge in [-0.3, -0.25) is 0 Å². The lowest BCUT2D eigenvalue weighted by Crippen LogP contribution is -2.36. The fourth-order valence-corrected chi connectivity index (χ4v) is 5.74. The normalized spacial score (nSPS) is 19.0. The molecule has 3 aromatic heterocycles. The van der Waals surface area contributed by atoms with Crippen LogP contribution in [0.1, 0.15) is 49.3 Å². The maximum atomic E-state index is 5.38. The third-order valence-electron chi connectivity index (χ3n) is 6.45. The van der Waals surface area contributed by atoms with Gasteiger partial charge in [0.2, 0.25) is 0 Å². The van der Waals surface area contributed by atoms with Crippen LogP contribution >= 0.6 is 11.3 Å². The van der Waals surface area contributed by atoms with Crippen molar-refractivity contribution in [3.63, 3.8) is 0 Å². The molecule has 1 saturated carbocycles. The van der Waals surface area contributed by atoms with E-state index in [0.717, 1.165) is 53.6 Å². The van der Waals surface area contributed by atoms with Crippen LogP contribution < -0.4 is 4.90 Å². The molecule has 2 aliphatic rings. The molecule has 1 saturated heterocycles. The van der Waals surface area contributed by atoms with Crippen LogP contribution in [0.2, 0.25) is 0 Å². The molecule has 1 unspecified atom stereocenters. The third-order valence-corrected chi connectivity index (χ3v) is 7.32. The number of piperidine rings is 1. The van der Waals surface area contributed by atoms with E-state index in [9.17, 15) is 0 Å². The first-order valence-corrected chi connectivity index (χ1v) is 12.2. The molecule has 1 aromatic carbocycles. The predicted molar refractivity (Wildman–Crippen MR) is 126 cm³/mol. The van der Waals surface area contributed by atoms with Crippen LogP contribution in [0.25, 0.3) is 21.3 Å². The first-order chi connectivity index (χ1) is 15.8. The van der Waals surface area contributed by atoms with Crippen LogP contribution in [0.3, 0.4) is 0 Å². The van der Waals surface area contributed by atoms with Crippen LogP contribution in [0.4, 0.5) is 5.82 Å². The first-order valence-electron chi connectivity index (χ1n) is 11.3. The molecule has 4 heterocycles. The molecule has 7 nitrogen and oxygen atoms in total. The number of hydrogen-bond acceptors (Lipinski definition) is 7. The quantitative estimate of drug-likeness (QED) is 0.423. The standard InChI is InChI=1S/C24H26N6OS/c1-31-13-20-26-23(21-19(14-32-24(21)27-20)16-6-3-2-4-7-16)29-11-5-8-17(12-29)22-28-25-15-30(22)18-9-10-18/h2-4,6-7,14-15,17-18H,5,8-13H2,1H3. The Balaban J connectivity index is 1.42. The fourth-order valence-electron chi connectivity index (χ4n) is 4.78. The van der Waals surface area contributed by atoms with E-state index in [1.54, 1.807) is 18.4 Å². The van der Waals surface area contributed by atoms with Gasteiger partial charge in [0.25, 0.3) is 0 Å². The second kappa shape index (κ2) is 8.26. The summed E-state index contributed by atoms with van der Waals surface area (Å²) in [6, 6.07) is 11.1. The van der Waals surface area contributed by atoms with Gasteiger partial charge in [0.15, 0.2) is 5.82 Å². The van der Waals surface area contributed by atoms with Crippen LogP contribution in [0.15, 0.2) is 42.0 Å². The molecule has 6 rings (SSSR count). The zero-order valence-electron chi connectivity index (χ0n) is 18.1. The summed E-state index contributed by atoms with van der Waals surface area (Å²) in [5.41, 5.74) is 2.40. The van der Waals surface area contributed by atoms with Gasteiger partial charge in [-0.15, -0.1) is 21.5 Å². The first kappa shape index (κ1) is 19.8. The number of fused-ring (bicyclic) bond motifs is 1. The molecule has 0 amide bonds. The molecule has 4 aromatic rings. The Morgan fingerprint density at radius 1 is 1.12 bits per heavy atom. The molecule has 1 atom stereocenters. The van der Waals surface area contributed by atoms with Crippen molar-refractivity contribution in [1.29, 1.82) is 0 Å². The van der Waals surface area contributed by atoms with Crippen LogP contribution in [0.5, 0.6) is 0 Å². The molecular formula is C24H26N6OS. The summed E-state index contributed by atoms with van der Waals surface area (Å²) in [5.74, 6) is 3.25. The van der Waals surface area contributed by atoms with Crippen molar-refractivity contribution in [2.75, 3.05) is 25.1 Å². The highest BCUT2D eigenvalue weighted by Crippen LogP contribution is 2.41. The predicted octanol–water partition coefficient (Wildman–Crippen LogP) is 4.82. The zero-order chi connectivity index (χ0) is 21.5. The molecule has 0 bridgehead atoms. The second-order valence-electron chi connectivity index (χ2n) is 8.70. The van der Waals surface area contributed by atoms with E-state index in [2.05, 4.69) is 55.4 Å². The van der Waals surface area contributed by atoms with Crippen molar-refractivity contribution in [3.05, 3.63) is 53.7 Å². The van der Waals surface area contributed by atoms with Crippen molar-refractivity contribution >= 4 is 27.4 Å². The maximum Gasteiger partial charge on any atom is 0.158 e. The van der Waals surface area contributed by atoms with Crippen molar-refractivity contribution in [2.45, 2.75) is 44.2 Å². The molecular weight excluding hydrogens is 420 g/mol. The van der Waals surface area contributed by atoms with Crippen molar-refractivity contribution in [3.8, 4) is 11.1 Å². The van der Waals surface area contributed by atoms with Crippen molar-refractivity contribution in [1.82, 2.24) is 24.7 Å². The van der Waals surface area contributed by atoms with Gasteiger partial charge in [-0.1, -0.05) is 30.3 Å². The Hall–Kier alpha value is -2.84. The molecule has 0 spiro atoms. The minimum atomic E-state index is 0.363. The van der Waals surface area contributed by atoms with E-state index < -0.39 is 0 Å². The summed E-state index contributed by atoms with van der Waals surface area (Å²) in [6.45, 7) is 2.29. The monoisotopic (exact) mass is 446 g/mol. The number of aromatic nitrogens is 5. The lowest BCUT2D eigenvalue weighted by molar-refractivity contribution is 0.178. The van der Waals surface area contributed by atoms with Gasteiger partial charge >= 0.3 is 0 Å². The van der Waals surface area contributed by atoms with E-state index in [-0.39, 0.29) is 0 Å². The average Bonchev–Trinajstić information content (AvgIpc) is 3.40. The summed E-state index contributed by atoms with van der Waals surface area (Å²) in [5, 5.41) is 12.1. The number of rotatable bonds is 6. The second-order valence-corrected chi connectivity index (χ2v) is 9.56. The van der Waals surface area contributed by atoms with Gasteiger partial charge in [0, 0.05) is 43.1 Å². The van der Waals surface area contributed by atoms with E-state index >= 15 is 0 Å². The Bertz CT molecular complexity index is 1230. The Morgan fingerprint density at radius 3 is 2.81 bits per heavy atom. The average molecular weight is 447 g/mol. The number of nitrogens with zero attached hydrogens (tertiary/aromatic N) is 6. The molecule has 0 radical (unpaired) electrons. The fraction of sp³-hybridized carbons (Fsp3) is 0.417. The molecule has 8 heteroatoms. The van der Waals surface area contributed by atoms with E-state index in [0.29, 0.717) is 18.6 Å². The molecule has 1 aliphatic heterocycles. The van der Waals surface area contributed by atoms with Crippen LogP contribution in [0, 0.1) is 0 Å². The van der Waals surface area contributed by atoms with Crippen molar-refractivity contribution < 1.29 is 4.74 Å². The highest BCUT2D eigenvalue weighted by molar-refractivity contribution is 7.17. The van der Waals surface area contributed by atoms with E-state index in [1.807, 2.05) is 6.33 Å². The molecule has 164 valence electrons. The topological polar surface area (TPSA) is 69.0 Å². The Kier molecular flexibility index (Phi) is 5.11. The number of anilines is 1. The van der Waals surface area contributed by atoms with E-state index in [1.165, 1.54) is 24.0 Å². The van der Waals surface area contributed by atoms with Gasteiger partial charge in [-0.25, -0.2) is 9.97 Å². The van der Waals surface area contributed by atoms with Crippen molar-refractivity contribution in [2.24, 2.45) is 0 Å². The SMILES string of the molecule is COCc1nc(N2CCCC(c3nncn3C3CC3)C2)c2c(-c3ccccc3)csc2n1. The van der Waals surface area contributed by atoms with Crippen LogP contribution in [-0.4, -0.2) is 44.9 Å². The molecule has 0 N–H and O–H groups in total. The lowest BCUT2D eigenvalue weighted by Gasteiger charge is -2.34. The number of thiophene rings is 1. The van der Waals surface area contributed by atoms with Gasteiger partial charge in [-0.05, 0) is 31.2 Å².